The van der Waals surface area contributed by atoms with Gasteiger partial charge < -0.3 is 5.73 Å². The maximum absolute atomic E-state index is 13.6. The van der Waals surface area contributed by atoms with Gasteiger partial charge in [-0.1, -0.05) is 15.9 Å². The van der Waals surface area contributed by atoms with Crippen molar-refractivity contribution in [3.8, 4) is 0 Å². The average molecular weight is 322 g/mol. The highest BCUT2D eigenvalue weighted by molar-refractivity contribution is 9.10. The third kappa shape index (κ3) is 2.68. The molecule has 0 heterocycles. The molecule has 4 heteroatoms. The largest absolute Gasteiger partial charge is 0.399 e. The monoisotopic (exact) mass is 321 g/mol. The number of hydrogen-bond acceptors (Lipinski definition) is 2. The predicted molar refractivity (Wildman–Crippen MR) is 77.9 cm³/mol. The molecule has 2 aromatic rings. The molecule has 2 N–H and O–H groups in total. The first-order valence-electron chi connectivity index (χ1n) is 5.76. The van der Waals surface area contributed by atoms with Gasteiger partial charge in [0.1, 0.15) is 5.82 Å². The summed E-state index contributed by atoms with van der Waals surface area (Å²) in [6, 6.07) is 8.16. The number of aryl methyl sites for hydroxylation is 2. The molecule has 98 valence electrons. The molecule has 0 fully saturated rings. The summed E-state index contributed by atoms with van der Waals surface area (Å²) in [5.74, 6) is -0.450. The number of hydrogen-bond donors (Lipinski definition) is 1. The van der Waals surface area contributed by atoms with Crippen molar-refractivity contribution in [2.24, 2.45) is 0 Å². The molecule has 0 aromatic heterocycles. The zero-order chi connectivity index (χ0) is 14.2. The van der Waals surface area contributed by atoms with Gasteiger partial charge >= 0.3 is 0 Å². The molecule has 0 amide bonds. The highest BCUT2D eigenvalue weighted by atomic mass is 79.9. The normalized spacial score (nSPS) is 10.5. The standard InChI is InChI=1S/C15H13BrFNO/c1-8-5-10(6-9(2)14(8)17)15(19)12-7-11(18)3-4-13(12)16/h3-7H,18H2,1-2H3. The molecule has 0 atom stereocenters. The first-order valence-corrected chi connectivity index (χ1v) is 6.56. The Morgan fingerprint density at radius 2 is 1.74 bits per heavy atom. The summed E-state index contributed by atoms with van der Waals surface area (Å²) >= 11 is 3.33. The van der Waals surface area contributed by atoms with Crippen molar-refractivity contribution in [2.45, 2.75) is 13.8 Å². The molecule has 19 heavy (non-hydrogen) atoms. The van der Waals surface area contributed by atoms with Crippen LogP contribution >= 0.6 is 15.9 Å². The van der Waals surface area contributed by atoms with Crippen LogP contribution in [0.1, 0.15) is 27.0 Å². The number of carbonyl (C=O) groups is 1. The average Bonchev–Trinajstić information content (AvgIpc) is 2.37. The van der Waals surface area contributed by atoms with E-state index in [-0.39, 0.29) is 11.6 Å². The molecule has 0 saturated heterocycles. The number of carbonyl (C=O) groups excluding carboxylic acids is 1. The van der Waals surface area contributed by atoms with Crippen LogP contribution in [0.25, 0.3) is 0 Å². The van der Waals surface area contributed by atoms with Crippen LogP contribution in [0.3, 0.4) is 0 Å². The van der Waals surface area contributed by atoms with E-state index >= 15 is 0 Å². The molecule has 2 aromatic carbocycles. The van der Waals surface area contributed by atoms with E-state index in [1.807, 2.05) is 0 Å². The van der Waals surface area contributed by atoms with Gasteiger partial charge in [-0.25, -0.2) is 4.39 Å². The van der Waals surface area contributed by atoms with Gasteiger partial charge in [0.15, 0.2) is 5.78 Å². The Morgan fingerprint density at radius 3 is 2.32 bits per heavy atom. The zero-order valence-electron chi connectivity index (χ0n) is 10.6. The van der Waals surface area contributed by atoms with Crippen molar-refractivity contribution in [1.82, 2.24) is 0 Å². The minimum atomic E-state index is -0.275. The molecular weight excluding hydrogens is 309 g/mol. The van der Waals surface area contributed by atoms with Crippen molar-refractivity contribution in [2.75, 3.05) is 5.73 Å². The van der Waals surface area contributed by atoms with Crippen molar-refractivity contribution in [3.05, 3.63) is 62.9 Å². The van der Waals surface area contributed by atoms with E-state index in [0.717, 1.165) is 0 Å². The van der Waals surface area contributed by atoms with Crippen LogP contribution in [-0.2, 0) is 0 Å². The minimum absolute atomic E-state index is 0.176. The number of nitrogens with two attached hydrogens (primary N) is 1. The number of nitrogen functional groups attached to an aromatic ring is 1. The molecule has 0 aliphatic heterocycles. The molecule has 0 unspecified atom stereocenters. The van der Waals surface area contributed by atoms with E-state index < -0.39 is 0 Å². The van der Waals surface area contributed by atoms with E-state index in [4.69, 9.17) is 5.73 Å². The van der Waals surface area contributed by atoms with Gasteiger partial charge in [-0.15, -0.1) is 0 Å². The van der Waals surface area contributed by atoms with Crippen LogP contribution in [0.2, 0.25) is 0 Å². The van der Waals surface area contributed by atoms with Gasteiger partial charge in [-0.3, -0.25) is 4.79 Å². The molecule has 0 aliphatic carbocycles. The number of benzene rings is 2. The minimum Gasteiger partial charge on any atom is -0.399 e. The topological polar surface area (TPSA) is 43.1 Å². The van der Waals surface area contributed by atoms with Gasteiger partial charge in [0.2, 0.25) is 0 Å². The third-order valence-corrected chi connectivity index (χ3v) is 3.63. The summed E-state index contributed by atoms with van der Waals surface area (Å²) in [4.78, 5) is 12.4. The number of halogens is 2. The Kier molecular flexibility index (Phi) is 3.71. The molecular formula is C15H13BrFNO. The Hall–Kier alpha value is -1.68. The summed E-state index contributed by atoms with van der Waals surface area (Å²) in [6.07, 6.45) is 0. The fourth-order valence-electron chi connectivity index (χ4n) is 1.95. The maximum Gasteiger partial charge on any atom is 0.194 e. The lowest BCUT2D eigenvalue weighted by atomic mass is 9.98. The number of rotatable bonds is 2. The summed E-state index contributed by atoms with van der Waals surface area (Å²) in [7, 11) is 0. The fraction of sp³-hybridized carbons (Fsp3) is 0.133. The molecule has 0 aliphatic rings. The molecule has 0 bridgehead atoms. The lowest BCUT2D eigenvalue weighted by Gasteiger charge is -2.08. The summed E-state index contributed by atoms with van der Waals surface area (Å²) in [5.41, 5.74) is 8.07. The smallest absolute Gasteiger partial charge is 0.194 e. The van der Waals surface area contributed by atoms with Crippen molar-refractivity contribution in [1.29, 1.82) is 0 Å². The second kappa shape index (κ2) is 5.13. The Balaban J connectivity index is 2.53. The van der Waals surface area contributed by atoms with Gasteiger partial charge in [0, 0.05) is 21.3 Å². The summed E-state index contributed by atoms with van der Waals surface area (Å²) in [6.45, 7) is 3.29. The van der Waals surface area contributed by atoms with Gasteiger partial charge in [0.05, 0.1) is 0 Å². The molecule has 0 spiro atoms. The predicted octanol–water partition coefficient (Wildman–Crippen LogP) is 4.02. The van der Waals surface area contributed by atoms with Crippen LogP contribution in [0.5, 0.6) is 0 Å². The molecule has 0 radical (unpaired) electrons. The summed E-state index contributed by atoms with van der Waals surface area (Å²) < 4.78 is 14.3. The lowest BCUT2D eigenvalue weighted by molar-refractivity contribution is 0.103. The van der Waals surface area contributed by atoms with Gasteiger partial charge in [-0.05, 0) is 55.3 Å². The van der Waals surface area contributed by atoms with Gasteiger partial charge in [-0.2, -0.15) is 0 Å². The molecule has 2 nitrogen and oxygen atoms in total. The van der Waals surface area contributed by atoms with Crippen molar-refractivity contribution >= 4 is 27.4 Å². The second-order valence-corrected chi connectivity index (χ2v) is 5.35. The quantitative estimate of drug-likeness (QED) is 0.670. The SMILES string of the molecule is Cc1cc(C(=O)c2cc(N)ccc2Br)cc(C)c1F. The lowest BCUT2D eigenvalue weighted by Crippen LogP contribution is -2.05. The Morgan fingerprint density at radius 1 is 1.16 bits per heavy atom. The third-order valence-electron chi connectivity index (χ3n) is 2.93. The van der Waals surface area contributed by atoms with E-state index in [1.165, 1.54) is 0 Å². The van der Waals surface area contributed by atoms with Crippen LogP contribution < -0.4 is 5.73 Å². The first kappa shape index (κ1) is 13.7. The van der Waals surface area contributed by atoms with E-state index in [1.54, 1.807) is 44.2 Å². The first-order chi connectivity index (χ1) is 8.90. The van der Waals surface area contributed by atoms with E-state index in [0.29, 0.717) is 32.4 Å². The Labute approximate surface area is 119 Å². The van der Waals surface area contributed by atoms with Crippen molar-refractivity contribution in [3.63, 3.8) is 0 Å². The van der Waals surface area contributed by atoms with Crippen LogP contribution in [0.15, 0.2) is 34.8 Å². The summed E-state index contributed by atoms with van der Waals surface area (Å²) in [5, 5.41) is 0. The number of ketones is 1. The Bertz CT molecular complexity index is 644. The van der Waals surface area contributed by atoms with Crippen LogP contribution in [0, 0.1) is 19.7 Å². The fourth-order valence-corrected chi connectivity index (χ4v) is 2.38. The van der Waals surface area contributed by atoms with Crippen LogP contribution in [0.4, 0.5) is 10.1 Å². The van der Waals surface area contributed by atoms with Gasteiger partial charge in [0.25, 0.3) is 0 Å². The van der Waals surface area contributed by atoms with Crippen molar-refractivity contribution < 1.29 is 9.18 Å². The zero-order valence-corrected chi connectivity index (χ0v) is 12.2. The molecule has 2 rings (SSSR count). The highest BCUT2D eigenvalue weighted by Crippen LogP contribution is 2.24. The molecule has 0 saturated carbocycles. The van der Waals surface area contributed by atoms with Crippen LogP contribution in [-0.4, -0.2) is 5.78 Å². The van der Waals surface area contributed by atoms with E-state index in [2.05, 4.69) is 15.9 Å². The maximum atomic E-state index is 13.6. The second-order valence-electron chi connectivity index (χ2n) is 4.49. The number of anilines is 1. The van der Waals surface area contributed by atoms with E-state index in [9.17, 15) is 9.18 Å². The highest BCUT2D eigenvalue weighted by Gasteiger charge is 2.15.